The fourth-order valence-corrected chi connectivity index (χ4v) is 4.45. The summed E-state index contributed by atoms with van der Waals surface area (Å²) in [5.41, 5.74) is 5.16. The molecule has 0 radical (unpaired) electrons. The van der Waals surface area contributed by atoms with E-state index >= 15 is 0 Å². The summed E-state index contributed by atoms with van der Waals surface area (Å²) in [6, 6.07) is 19.4. The molecule has 3 heterocycles. The maximum Gasteiger partial charge on any atom is 0.273 e. The molecule has 4 aromatic rings. The maximum atomic E-state index is 13.4. The zero-order valence-corrected chi connectivity index (χ0v) is 18.3. The third-order valence-corrected chi connectivity index (χ3v) is 5.99. The first-order chi connectivity index (χ1) is 15.2. The fourth-order valence-electron chi connectivity index (χ4n) is 4.04. The molecule has 1 aliphatic rings. The monoisotopic (exact) mass is 474 g/mol. The van der Waals surface area contributed by atoms with Crippen LogP contribution in [0.15, 0.2) is 77.5 Å². The van der Waals surface area contributed by atoms with E-state index in [0.717, 1.165) is 38.2 Å². The molecule has 2 aromatic heterocycles. The molecule has 0 saturated carbocycles. The number of benzene rings is 2. The molecule has 5 rings (SSSR count). The van der Waals surface area contributed by atoms with Crippen LogP contribution in [0.4, 0.5) is 0 Å². The number of amides is 1. The highest BCUT2D eigenvalue weighted by atomic mass is 79.9. The molecule has 0 aliphatic carbocycles. The molecule has 6 nitrogen and oxygen atoms in total. The lowest BCUT2D eigenvalue weighted by Crippen LogP contribution is -2.29. The van der Waals surface area contributed by atoms with Gasteiger partial charge in [-0.25, -0.2) is 0 Å². The molecule has 0 fully saturated rings. The van der Waals surface area contributed by atoms with E-state index in [0.29, 0.717) is 12.2 Å². The Morgan fingerprint density at radius 3 is 2.58 bits per heavy atom. The van der Waals surface area contributed by atoms with Crippen LogP contribution >= 0.6 is 15.9 Å². The second-order valence-corrected chi connectivity index (χ2v) is 8.25. The van der Waals surface area contributed by atoms with Gasteiger partial charge in [0.25, 0.3) is 5.91 Å². The summed E-state index contributed by atoms with van der Waals surface area (Å²) < 4.78 is 6.24. The lowest BCUT2D eigenvalue weighted by Gasteiger charge is -2.26. The quantitative estimate of drug-likeness (QED) is 0.442. The summed E-state index contributed by atoms with van der Waals surface area (Å²) in [4.78, 5) is 19.4. The van der Waals surface area contributed by atoms with Gasteiger partial charge in [0, 0.05) is 34.5 Å². The average Bonchev–Trinajstić information content (AvgIpc) is 3.34. The first-order valence-corrected chi connectivity index (χ1v) is 10.6. The van der Waals surface area contributed by atoms with Crippen LogP contribution in [0.2, 0.25) is 0 Å². The number of hydrogen-bond acceptors (Lipinski definition) is 4. The zero-order valence-electron chi connectivity index (χ0n) is 16.7. The molecule has 0 spiro atoms. The Bertz CT molecular complexity index is 1240. The minimum Gasteiger partial charge on any atom is -0.497 e. The second kappa shape index (κ2) is 8.00. The Hall–Kier alpha value is -3.45. The van der Waals surface area contributed by atoms with Gasteiger partial charge in [0.2, 0.25) is 0 Å². The van der Waals surface area contributed by atoms with Gasteiger partial charge < -0.3 is 9.64 Å². The minimum atomic E-state index is -0.260. The number of fused-ring (bicyclic) bond motifs is 1. The van der Waals surface area contributed by atoms with E-state index in [9.17, 15) is 4.79 Å². The van der Waals surface area contributed by atoms with Gasteiger partial charge >= 0.3 is 0 Å². The number of methoxy groups -OCH3 is 1. The smallest absolute Gasteiger partial charge is 0.273 e. The van der Waals surface area contributed by atoms with Gasteiger partial charge in [-0.3, -0.25) is 14.9 Å². The number of rotatable bonds is 5. The molecule has 1 atom stereocenters. The molecule has 1 amide bonds. The number of halogens is 1. The van der Waals surface area contributed by atoms with Crippen molar-refractivity contribution < 1.29 is 9.53 Å². The minimum absolute atomic E-state index is 0.0657. The number of aromatic nitrogens is 3. The highest BCUT2D eigenvalue weighted by Crippen LogP contribution is 2.44. The standard InChI is InChI=1S/C24H19BrN4O2/c1-31-19-7-5-16(6-8-19)21-20-22(28-27-21)24(30)29(14-15-9-11-26-12-10-15)23(20)17-3-2-4-18(25)13-17/h2-13,23H,14H2,1H3,(H,27,28). The van der Waals surface area contributed by atoms with Gasteiger partial charge in [0.15, 0.2) is 0 Å². The van der Waals surface area contributed by atoms with Gasteiger partial charge in [-0.05, 0) is 59.7 Å². The first-order valence-electron chi connectivity index (χ1n) is 9.83. The molecule has 0 saturated heterocycles. The number of ether oxygens (including phenoxy) is 1. The van der Waals surface area contributed by atoms with Crippen molar-refractivity contribution in [2.45, 2.75) is 12.6 Å². The SMILES string of the molecule is COc1ccc(-c2n[nH]c3c2C(c2cccc(Br)c2)N(Cc2ccncc2)C3=O)cc1. The first kappa shape index (κ1) is 19.5. The summed E-state index contributed by atoms with van der Waals surface area (Å²) in [5.74, 6) is 0.707. The number of hydrogen-bond donors (Lipinski definition) is 1. The average molecular weight is 475 g/mol. The molecule has 1 N–H and O–H groups in total. The molecule has 154 valence electrons. The number of nitrogens with zero attached hydrogens (tertiary/aromatic N) is 3. The van der Waals surface area contributed by atoms with Crippen molar-refractivity contribution in [2.75, 3.05) is 7.11 Å². The number of pyridine rings is 1. The van der Waals surface area contributed by atoms with Crippen molar-refractivity contribution >= 4 is 21.8 Å². The van der Waals surface area contributed by atoms with Crippen molar-refractivity contribution in [3.05, 3.63) is 99.9 Å². The van der Waals surface area contributed by atoms with E-state index in [1.807, 2.05) is 59.5 Å². The van der Waals surface area contributed by atoms with Gasteiger partial charge in [0.05, 0.1) is 18.8 Å². The van der Waals surface area contributed by atoms with Crippen molar-refractivity contribution in [1.82, 2.24) is 20.1 Å². The van der Waals surface area contributed by atoms with E-state index in [1.54, 1.807) is 19.5 Å². The highest BCUT2D eigenvalue weighted by molar-refractivity contribution is 9.10. The summed E-state index contributed by atoms with van der Waals surface area (Å²) in [6.45, 7) is 0.475. The molecule has 7 heteroatoms. The Balaban J connectivity index is 1.64. The van der Waals surface area contributed by atoms with Crippen LogP contribution in [0.3, 0.4) is 0 Å². The van der Waals surface area contributed by atoms with Crippen LogP contribution in [0, 0.1) is 0 Å². The van der Waals surface area contributed by atoms with Gasteiger partial charge in [-0.2, -0.15) is 5.10 Å². The third-order valence-electron chi connectivity index (χ3n) is 5.49. The molecule has 2 aromatic carbocycles. The van der Waals surface area contributed by atoms with Crippen molar-refractivity contribution in [1.29, 1.82) is 0 Å². The summed E-state index contributed by atoms with van der Waals surface area (Å²) in [7, 11) is 1.64. The molecule has 1 aliphatic heterocycles. The lowest BCUT2D eigenvalue weighted by molar-refractivity contribution is 0.0730. The van der Waals surface area contributed by atoms with E-state index in [1.165, 1.54) is 0 Å². The van der Waals surface area contributed by atoms with Crippen molar-refractivity contribution in [3.8, 4) is 17.0 Å². The van der Waals surface area contributed by atoms with Crippen molar-refractivity contribution in [2.24, 2.45) is 0 Å². The molecule has 31 heavy (non-hydrogen) atoms. The Morgan fingerprint density at radius 1 is 1.10 bits per heavy atom. The Morgan fingerprint density at radius 2 is 1.87 bits per heavy atom. The normalized spacial score (nSPS) is 15.2. The van der Waals surface area contributed by atoms with Crippen LogP contribution in [0.1, 0.15) is 33.2 Å². The van der Waals surface area contributed by atoms with E-state index < -0.39 is 0 Å². The molecular weight excluding hydrogens is 456 g/mol. The van der Waals surface area contributed by atoms with Gasteiger partial charge in [-0.15, -0.1) is 0 Å². The molecular formula is C24H19BrN4O2. The Labute approximate surface area is 188 Å². The highest BCUT2D eigenvalue weighted by Gasteiger charge is 2.42. The number of carbonyl (C=O) groups excluding carboxylic acids is 1. The second-order valence-electron chi connectivity index (χ2n) is 7.34. The van der Waals surface area contributed by atoms with Crippen LogP contribution in [0.25, 0.3) is 11.3 Å². The summed E-state index contributed by atoms with van der Waals surface area (Å²) in [6.07, 6.45) is 3.49. The number of nitrogens with one attached hydrogen (secondary N) is 1. The number of carbonyl (C=O) groups is 1. The maximum absolute atomic E-state index is 13.4. The van der Waals surface area contributed by atoms with Crippen LogP contribution in [-0.4, -0.2) is 33.1 Å². The van der Waals surface area contributed by atoms with E-state index in [4.69, 9.17) is 4.74 Å². The Kier molecular flexibility index (Phi) is 5.03. The van der Waals surface area contributed by atoms with Crippen LogP contribution in [-0.2, 0) is 6.54 Å². The number of H-pyrrole nitrogens is 1. The molecule has 0 bridgehead atoms. The topological polar surface area (TPSA) is 71.1 Å². The lowest BCUT2D eigenvalue weighted by atomic mass is 9.96. The zero-order chi connectivity index (χ0) is 21.4. The van der Waals surface area contributed by atoms with Crippen LogP contribution in [0.5, 0.6) is 5.75 Å². The molecule has 1 unspecified atom stereocenters. The third kappa shape index (κ3) is 3.51. The predicted molar refractivity (Wildman–Crippen MR) is 121 cm³/mol. The van der Waals surface area contributed by atoms with Crippen LogP contribution < -0.4 is 4.74 Å². The van der Waals surface area contributed by atoms with Gasteiger partial charge in [-0.1, -0.05) is 28.1 Å². The predicted octanol–water partition coefficient (Wildman–Crippen LogP) is 4.99. The van der Waals surface area contributed by atoms with Gasteiger partial charge in [0.1, 0.15) is 11.4 Å². The summed E-state index contributed by atoms with van der Waals surface area (Å²) >= 11 is 3.57. The fraction of sp³-hybridized carbons (Fsp3) is 0.125. The summed E-state index contributed by atoms with van der Waals surface area (Å²) in [5, 5.41) is 7.52. The number of aromatic amines is 1. The largest absolute Gasteiger partial charge is 0.497 e. The van der Waals surface area contributed by atoms with Crippen molar-refractivity contribution in [3.63, 3.8) is 0 Å². The van der Waals surface area contributed by atoms with E-state index in [2.05, 4.69) is 37.2 Å². The van der Waals surface area contributed by atoms with E-state index in [-0.39, 0.29) is 11.9 Å².